The van der Waals surface area contributed by atoms with Crippen LogP contribution in [0.4, 0.5) is 5.69 Å². The largest absolute Gasteiger partial charge is 0.497 e. The molecule has 2 amide bonds. The highest BCUT2D eigenvalue weighted by atomic mass is 35.5. The Bertz CT molecular complexity index is 869. The van der Waals surface area contributed by atoms with Crippen molar-refractivity contribution in [1.29, 1.82) is 0 Å². The zero-order chi connectivity index (χ0) is 17.4. The van der Waals surface area contributed by atoms with E-state index in [0.717, 1.165) is 16.0 Å². The maximum atomic E-state index is 12.9. The van der Waals surface area contributed by atoms with E-state index in [1.165, 1.54) is 0 Å². The molecule has 1 heterocycles. The van der Waals surface area contributed by atoms with Gasteiger partial charge in [0.25, 0.3) is 11.8 Å². The van der Waals surface area contributed by atoms with E-state index >= 15 is 0 Å². The Kier molecular flexibility index (Phi) is 4.16. The Morgan fingerprint density at radius 1 is 0.958 bits per heavy atom. The maximum absolute atomic E-state index is 12.9. The zero-order valence-corrected chi connectivity index (χ0v) is 14.3. The van der Waals surface area contributed by atoms with Crippen molar-refractivity contribution in [2.75, 3.05) is 12.0 Å². The molecule has 0 aromatic heterocycles. The topological polar surface area (TPSA) is 46.6 Å². The number of benzene rings is 2. The smallest absolute Gasteiger partial charge is 0.277 e. The summed E-state index contributed by atoms with van der Waals surface area (Å²) < 4.78 is 5.10. The normalized spacial score (nSPS) is 14.6. The van der Waals surface area contributed by atoms with E-state index in [4.69, 9.17) is 16.3 Å². The summed E-state index contributed by atoms with van der Waals surface area (Å²) >= 11 is 6.22. The lowest BCUT2D eigenvalue weighted by molar-refractivity contribution is -0.119. The number of hydrogen-bond donors (Lipinski definition) is 0. The predicted molar refractivity (Wildman–Crippen MR) is 94.2 cm³/mol. The average Bonchev–Trinajstić information content (AvgIpc) is 2.78. The van der Waals surface area contributed by atoms with Gasteiger partial charge in [-0.3, -0.25) is 9.59 Å². The number of ether oxygens (including phenoxy) is 1. The Hall–Kier alpha value is -2.59. The van der Waals surface area contributed by atoms with Crippen LogP contribution >= 0.6 is 11.6 Å². The van der Waals surface area contributed by atoms with E-state index < -0.39 is 11.8 Å². The molecule has 1 aliphatic heterocycles. The maximum Gasteiger partial charge on any atom is 0.277 e. The highest BCUT2D eigenvalue weighted by molar-refractivity contribution is 6.60. The average molecular weight is 342 g/mol. The van der Waals surface area contributed by atoms with E-state index in [-0.39, 0.29) is 10.6 Å². The van der Waals surface area contributed by atoms with Gasteiger partial charge in [-0.2, -0.15) is 0 Å². The van der Waals surface area contributed by atoms with Gasteiger partial charge in [-0.25, -0.2) is 4.90 Å². The minimum atomic E-state index is -0.512. The molecule has 0 saturated carbocycles. The molecule has 0 N–H and O–H groups in total. The van der Waals surface area contributed by atoms with Gasteiger partial charge in [0, 0.05) is 0 Å². The minimum absolute atomic E-state index is 0.0530. The number of nitrogens with zero attached hydrogens (tertiary/aromatic N) is 1. The van der Waals surface area contributed by atoms with Crippen molar-refractivity contribution in [2.24, 2.45) is 0 Å². The number of amides is 2. The van der Waals surface area contributed by atoms with E-state index in [9.17, 15) is 9.59 Å². The van der Waals surface area contributed by atoms with E-state index in [2.05, 4.69) is 0 Å². The molecule has 24 heavy (non-hydrogen) atoms. The first-order chi connectivity index (χ1) is 11.4. The second-order valence-electron chi connectivity index (χ2n) is 5.65. The molecule has 2 aromatic carbocycles. The molecule has 0 fully saturated rings. The number of anilines is 1. The molecule has 0 bridgehead atoms. The lowest BCUT2D eigenvalue weighted by Gasteiger charge is -2.15. The Balaban J connectivity index is 2.04. The Labute approximate surface area is 145 Å². The Morgan fingerprint density at radius 2 is 1.62 bits per heavy atom. The van der Waals surface area contributed by atoms with Crippen LogP contribution < -0.4 is 9.64 Å². The first-order valence-corrected chi connectivity index (χ1v) is 7.82. The molecule has 4 nitrogen and oxygen atoms in total. The van der Waals surface area contributed by atoms with Crippen molar-refractivity contribution < 1.29 is 14.3 Å². The molecular weight excluding hydrogens is 326 g/mol. The molecule has 0 unspecified atom stereocenters. The molecule has 1 aliphatic rings. The van der Waals surface area contributed by atoms with Crippen LogP contribution in [0.5, 0.6) is 5.75 Å². The Morgan fingerprint density at radius 3 is 2.21 bits per heavy atom. The third-order valence-electron chi connectivity index (χ3n) is 4.01. The van der Waals surface area contributed by atoms with Crippen LogP contribution in [0, 0.1) is 13.8 Å². The fourth-order valence-electron chi connectivity index (χ4n) is 2.80. The van der Waals surface area contributed by atoms with Gasteiger partial charge in [0.15, 0.2) is 0 Å². The summed E-state index contributed by atoms with van der Waals surface area (Å²) in [7, 11) is 1.55. The number of carbonyl (C=O) groups excluding carboxylic acids is 2. The van der Waals surface area contributed by atoms with Crippen molar-refractivity contribution in [3.8, 4) is 5.75 Å². The van der Waals surface area contributed by atoms with E-state index in [0.29, 0.717) is 17.0 Å². The van der Waals surface area contributed by atoms with Gasteiger partial charge >= 0.3 is 0 Å². The van der Waals surface area contributed by atoms with Crippen LogP contribution in [0.2, 0.25) is 0 Å². The number of aryl methyl sites for hydroxylation is 2. The van der Waals surface area contributed by atoms with Crippen molar-refractivity contribution >= 4 is 34.7 Å². The van der Waals surface area contributed by atoms with Gasteiger partial charge in [-0.15, -0.1) is 0 Å². The SMILES string of the molecule is COc1ccc(N2C(=O)C(Cl)=C(c3ccc(C)cc3C)C2=O)cc1. The van der Waals surface area contributed by atoms with Crippen LogP contribution in [0.1, 0.15) is 16.7 Å². The van der Waals surface area contributed by atoms with Gasteiger partial charge in [0.2, 0.25) is 0 Å². The summed E-state index contributed by atoms with van der Waals surface area (Å²) in [5.41, 5.74) is 3.37. The second-order valence-corrected chi connectivity index (χ2v) is 6.03. The van der Waals surface area contributed by atoms with Gasteiger partial charge < -0.3 is 4.74 Å². The fraction of sp³-hybridized carbons (Fsp3) is 0.158. The van der Waals surface area contributed by atoms with Crippen LogP contribution in [-0.4, -0.2) is 18.9 Å². The lowest BCUT2D eigenvalue weighted by atomic mass is 9.99. The standard InChI is InChI=1S/C19H16ClNO3/c1-11-4-9-15(12(2)10-11)16-17(20)19(23)21(18(16)22)13-5-7-14(24-3)8-6-13/h4-10H,1-3H3. The molecule has 5 heteroatoms. The summed E-state index contributed by atoms with van der Waals surface area (Å²) in [6.07, 6.45) is 0. The van der Waals surface area contributed by atoms with Crippen LogP contribution in [0.3, 0.4) is 0 Å². The first-order valence-electron chi connectivity index (χ1n) is 7.44. The number of methoxy groups -OCH3 is 1. The number of carbonyl (C=O) groups is 2. The third-order valence-corrected chi connectivity index (χ3v) is 4.36. The first kappa shape index (κ1) is 16.3. The molecular formula is C19H16ClNO3. The zero-order valence-electron chi connectivity index (χ0n) is 13.6. The van der Waals surface area contributed by atoms with Gasteiger partial charge in [0.1, 0.15) is 10.8 Å². The fourth-order valence-corrected chi connectivity index (χ4v) is 3.06. The van der Waals surface area contributed by atoms with Crippen molar-refractivity contribution in [2.45, 2.75) is 13.8 Å². The van der Waals surface area contributed by atoms with Crippen LogP contribution in [-0.2, 0) is 9.59 Å². The molecule has 3 rings (SSSR count). The number of imide groups is 1. The number of hydrogen-bond acceptors (Lipinski definition) is 3. The highest BCUT2D eigenvalue weighted by Gasteiger charge is 2.39. The summed E-state index contributed by atoms with van der Waals surface area (Å²) in [5, 5.41) is -0.0530. The molecule has 0 aliphatic carbocycles. The summed E-state index contributed by atoms with van der Waals surface area (Å²) in [4.78, 5) is 26.5. The quantitative estimate of drug-likeness (QED) is 0.797. The molecule has 122 valence electrons. The van der Waals surface area contributed by atoms with E-state index in [1.807, 2.05) is 32.0 Å². The van der Waals surface area contributed by atoms with Gasteiger partial charge in [-0.05, 0) is 49.2 Å². The molecule has 0 spiro atoms. The molecule has 0 atom stereocenters. The number of halogens is 1. The molecule has 2 aromatic rings. The van der Waals surface area contributed by atoms with Gasteiger partial charge in [-0.1, -0.05) is 35.4 Å². The molecule has 0 radical (unpaired) electrons. The van der Waals surface area contributed by atoms with Crippen LogP contribution in [0.25, 0.3) is 5.57 Å². The van der Waals surface area contributed by atoms with Crippen molar-refractivity contribution in [3.63, 3.8) is 0 Å². The van der Waals surface area contributed by atoms with E-state index in [1.54, 1.807) is 31.4 Å². The van der Waals surface area contributed by atoms with Gasteiger partial charge in [0.05, 0.1) is 18.4 Å². The highest BCUT2D eigenvalue weighted by Crippen LogP contribution is 2.36. The predicted octanol–water partition coefficient (Wildman–Crippen LogP) is 3.84. The summed E-state index contributed by atoms with van der Waals surface area (Å²) in [6.45, 7) is 3.87. The summed E-state index contributed by atoms with van der Waals surface area (Å²) in [6, 6.07) is 12.4. The summed E-state index contributed by atoms with van der Waals surface area (Å²) in [5.74, 6) is -0.282. The third kappa shape index (κ3) is 2.59. The number of rotatable bonds is 3. The molecule has 0 saturated heterocycles. The monoisotopic (exact) mass is 341 g/mol. The van der Waals surface area contributed by atoms with Crippen molar-refractivity contribution in [1.82, 2.24) is 0 Å². The van der Waals surface area contributed by atoms with Crippen molar-refractivity contribution in [3.05, 3.63) is 64.2 Å². The van der Waals surface area contributed by atoms with Crippen LogP contribution in [0.15, 0.2) is 47.5 Å². The second kappa shape index (κ2) is 6.13. The minimum Gasteiger partial charge on any atom is -0.497 e. The lowest BCUT2D eigenvalue weighted by Crippen LogP contribution is -2.31.